The van der Waals surface area contributed by atoms with E-state index >= 15 is 0 Å². The summed E-state index contributed by atoms with van der Waals surface area (Å²) in [6.07, 6.45) is 4.33. The lowest BCUT2D eigenvalue weighted by Crippen LogP contribution is -2.38. The van der Waals surface area contributed by atoms with E-state index in [9.17, 15) is 8.42 Å². The first-order valence-electron chi connectivity index (χ1n) is 8.71. The van der Waals surface area contributed by atoms with Crippen LogP contribution >= 0.6 is 0 Å². The van der Waals surface area contributed by atoms with Crippen LogP contribution in [-0.4, -0.2) is 40.3 Å². The zero-order valence-electron chi connectivity index (χ0n) is 15.3. The Labute approximate surface area is 146 Å². The van der Waals surface area contributed by atoms with Crippen molar-refractivity contribution in [3.63, 3.8) is 0 Å². The second-order valence-electron chi connectivity index (χ2n) is 6.00. The van der Waals surface area contributed by atoms with Crippen molar-refractivity contribution in [2.75, 3.05) is 25.9 Å². The molecule has 0 aliphatic heterocycles. The summed E-state index contributed by atoms with van der Waals surface area (Å²) in [5, 5.41) is 6.60. The fraction of sp³-hybridized carbons (Fsp3) is 0.611. The minimum atomic E-state index is -3.13. The minimum absolute atomic E-state index is 0.360. The smallest absolute Gasteiger partial charge is 0.191 e. The molecule has 1 aromatic rings. The van der Waals surface area contributed by atoms with Crippen molar-refractivity contribution in [1.29, 1.82) is 0 Å². The van der Waals surface area contributed by atoms with Crippen molar-refractivity contribution in [3.05, 3.63) is 29.8 Å². The van der Waals surface area contributed by atoms with E-state index in [0.717, 1.165) is 50.4 Å². The van der Waals surface area contributed by atoms with Crippen molar-refractivity contribution in [2.24, 2.45) is 10.9 Å². The predicted molar refractivity (Wildman–Crippen MR) is 101 cm³/mol. The topological polar surface area (TPSA) is 70.6 Å². The highest BCUT2D eigenvalue weighted by Gasteiger charge is 2.06. The molecule has 24 heavy (non-hydrogen) atoms. The van der Waals surface area contributed by atoms with Crippen LogP contribution in [0.15, 0.2) is 34.2 Å². The molecule has 0 unspecified atom stereocenters. The lowest BCUT2D eigenvalue weighted by Gasteiger charge is -2.14. The number of rotatable bonds is 9. The van der Waals surface area contributed by atoms with Gasteiger partial charge in [0.15, 0.2) is 15.8 Å². The van der Waals surface area contributed by atoms with Crippen molar-refractivity contribution in [2.45, 2.75) is 44.9 Å². The second kappa shape index (κ2) is 10.3. The van der Waals surface area contributed by atoms with E-state index in [1.54, 1.807) is 12.1 Å². The van der Waals surface area contributed by atoms with Crippen LogP contribution in [0, 0.1) is 5.92 Å². The zero-order chi connectivity index (χ0) is 18.0. The maximum absolute atomic E-state index is 11.5. The van der Waals surface area contributed by atoms with Gasteiger partial charge < -0.3 is 10.6 Å². The molecule has 0 aliphatic rings. The number of aliphatic imine (C=N–C) groups is 1. The average Bonchev–Trinajstić information content (AvgIpc) is 2.55. The fourth-order valence-electron chi connectivity index (χ4n) is 2.34. The van der Waals surface area contributed by atoms with Crippen molar-refractivity contribution < 1.29 is 8.42 Å². The van der Waals surface area contributed by atoms with Gasteiger partial charge in [-0.3, -0.25) is 4.99 Å². The first-order valence-corrected chi connectivity index (χ1v) is 10.6. The molecule has 0 aliphatic carbocycles. The van der Waals surface area contributed by atoms with Crippen LogP contribution in [0.4, 0.5) is 0 Å². The maximum atomic E-state index is 11.5. The Morgan fingerprint density at radius 1 is 1.08 bits per heavy atom. The normalized spacial score (nSPS) is 12.5. The van der Waals surface area contributed by atoms with Crippen molar-refractivity contribution in [1.82, 2.24) is 10.6 Å². The number of guanidine groups is 1. The third kappa shape index (κ3) is 7.34. The Morgan fingerprint density at radius 3 is 2.21 bits per heavy atom. The van der Waals surface area contributed by atoms with E-state index in [1.165, 1.54) is 6.26 Å². The van der Waals surface area contributed by atoms with Crippen molar-refractivity contribution in [3.8, 4) is 0 Å². The molecule has 0 radical (unpaired) electrons. The lowest BCUT2D eigenvalue weighted by atomic mass is 10.0. The summed E-state index contributed by atoms with van der Waals surface area (Å²) in [5.74, 6) is 1.47. The number of hydrogen-bond donors (Lipinski definition) is 2. The molecule has 0 saturated heterocycles. The van der Waals surface area contributed by atoms with E-state index in [1.807, 2.05) is 12.1 Å². The molecule has 136 valence electrons. The summed E-state index contributed by atoms with van der Waals surface area (Å²) in [5.41, 5.74) is 1.10. The van der Waals surface area contributed by atoms with Gasteiger partial charge in [0.2, 0.25) is 0 Å². The van der Waals surface area contributed by atoms with E-state index in [0.29, 0.717) is 10.8 Å². The second-order valence-corrected chi connectivity index (χ2v) is 8.01. The van der Waals surface area contributed by atoms with Crippen LogP contribution in [0.25, 0.3) is 0 Å². The highest BCUT2D eigenvalue weighted by Crippen LogP contribution is 2.10. The van der Waals surface area contributed by atoms with Gasteiger partial charge in [-0.1, -0.05) is 38.8 Å². The summed E-state index contributed by atoms with van der Waals surface area (Å²) in [6, 6.07) is 7.06. The summed E-state index contributed by atoms with van der Waals surface area (Å²) in [6.45, 7) is 8.88. The molecule has 0 amide bonds. The summed E-state index contributed by atoms with van der Waals surface area (Å²) >= 11 is 0. The van der Waals surface area contributed by atoms with E-state index in [-0.39, 0.29) is 0 Å². The Morgan fingerprint density at radius 2 is 1.71 bits per heavy atom. The fourth-order valence-corrected chi connectivity index (χ4v) is 2.97. The standard InChI is InChI=1S/C18H31N3O2S/c1-5-15(6-2)14-21-18(19-7-3)20-13-12-16-8-10-17(11-9-16)24(4,22)23/h8-11,15H,5-7,12-14H2,1-4H3,(H2,19,20,21). The molecule has 1 rings (SSSR count). The number of nitrogens with zero attached hydrogens (tertiary/aromatic N) is 1. The molecule has 1 aromatic carbocycles. The highest BCUT2D eigenvalue weighted by molar-refractivity contribution is 7.90. The van der Waals surface area contributed by atoms with Crippen LogP contribution in [-0.2, 0) is 16.3 Å². The van der Waals surface area contributed by atoms with E-state index < -0.39 is 9.84 Å². The van der Waals surface area contributed by atoms with Gasteiger partial charge in [0.25, 0.3) is 0 Å². The average molecular weight is 354 g/mol. The van der Waals surface area contributed by atoms with Gasteiger partial charge in [0, 0.05) is 25.9 Å². The van der Waals surface area contributed by atoms with Crippen LogP contribution in [0.3, 0.4) is 0 Å². The lowest BCUT2D eigenvalue weighted by molar-refractivity contribution is 0.504. The largest absolute Gasteiger partial charge is 0.357 e. The first-order chi connectivity index (χ1) is 11.4. The molecule has 5 nitrogen and oxygen atoms in total. The Hall–Kier alpha value is -1.56. The third-order valence-electron chi connectivity index (χ3n) is 4.06. The van der Waals surface area contributed by atoms with Crippen LogP contribution in [0.2, 0.25) is 0 Å². The molecule has 0 spiro atoms. The Kier molecular flexibility index (Phi) is 8.82. The van der Waals surface area contributed by atoms with Crippen molar-refractivity contribution >= 4 is 15.8 Å². The molecule has 2 N–H and O–H groups in total. The summed E-state index contributed by atoms with van der Waals surface area (Å²) < 4.78 is 22.9. The number of benzene rings is 1. The molecular weight excluding hydrogens is 322 g/mol. The van der Waals surface area contributed by atoms with E-state index in [2.05, 4.69) is 36.4 Å². The van der Waals surface area contributed by atoms with Gasteiger partial charge in [0.1, 0.15) is 0 Å². The zero-order valence-corrected chi connectivity index (χ0v) is 16.1. The monoisotopic (exact) mass is 353 g/mol. The van der Waals surface area contributed by atoms with Crippen LogP contribution in [0.5, 0.6) is 0 Å². The molecule has 0 fully saturated rings. The number of sulfone groups is 1. The summed E-state index contributed by atoms with van der Waals surface area (Å²) in [7, 11) is -3.13. The van der Waals surface area contributed by atoms with Crippen LogP contribution in [0.1, 0.15) is 39.2 Å². The van der Waals surface area contributed by atoms with E-state index in [4.69, 9.17) is 0 Å². The Bertz CT molecular complexity index is 606. The molecular formula is C18H31N3O2S. The third-order valence-corrected chi connectivity index (χ3v) is 5.19. The van der Waals surface area contributed by atoms with Gasteiger partial charge in [-0.25, -0.2) is 8.42 Å². The molecule has 0 bridgehead atoms. The molecule has 0 heterocycles. The molecule has 0 saturated carbocycles. The van der Waals surface area contributed by atoms with Gasteiger partial charge in [-0.15, -0.1) is 0 Å². The molecule has 0 aromatic heterocycles. The maximum Gasteiger partial charge on any atom is 0.191 e. The SMILES string of the molecule is CCNC(=NCC(CC)CC)NCCc1ccc(S(C)(=O)=O)cc1. The van der Waals surface area contributed by atoms with Gasteiger partial charge in [-0.05, 0) is 37.0 Å². The van der Waals surface area contributed by atoms with Gasteiger partial charge >= 0.3 is 0 Å². The Balaban J connectivity index is 2.54. The number of nitrogens with one attached hydrogen (secondary N) is 2. The van der Waals surface area contributed by atoms with Crippen LogP contribution < -0.4 is 10.6 Å². The van der Waals surface area contributed by atoms with Gasteiger partial charge in [0.05, 0.1) is 4.90 Å². The first kappa shape index (κ1) is 20.5. The minimum Gasteiger partial charge on any atom is -0.357 e. The van der Waals surface area contributed by atoms with Gasteiger partial charge in [-0.2, -0.15) is 0 Å². The predicted octanol–water partition coefficient (Wildman–Crippen LogP) is 2.62. The molecule has 6 heteroatoms. The molecule has 0 atom stereocenters. The summed E-state index contributed by atoms with van der Waals surface area (Å²) in [4.78, 5) is 5.01. The number of hydrogen-bond acceptors (Lipinski definition) is 3. The highest BCUT2D eigenvalue weighted by atomic mass is 32.2. The quantitative estimate of drug-likeness (QED) is 0.529.